The van der Waals surface area contributed by atoms with E-state index in [2.05, 4.69) is 78.1 Å². The molecule has 0 heterocycles. The second kappa shape index (κ2) is 6.13. The number of para-hydroxylation sites is 1. The van der Waals surface area contributed by atoms with E-state index in [4.69, 9.17) is 0 Å². The Bertz CT molecular complexity index is 869. The highest BCUT2D eigenvalue weighted by atomic mass is 14.9. The number of hydrogen-bond acceptors (Lipinski definition) is 1. The molecule has 0 saturated carbocycles. The Morgan fingerprint density at radius 3 is 2.39 bits per heavy atom. The number of hydrogen-bond donors (Lipinski definition) is 1. The Labute approximate surface area is 137 Å². The number of fused-ring (bicyclic) bond motifs is 1. The summed E-state index contributed by atoms with van der Waals surface area (Å²) in [5.41, 5.74) is 3.72. The lowest BCUT2D eigenvalue weighted by atomic mass is 9.88. The molecule has 1 aliphatic carbocycles. The third-order valence-electron chi connectivity index (χ3n) is 4.39. The number of benzene rings is 3. The van der Waals surface area contributed by atoms with Gasteiger partial charge in [0.25, 0.3) is 0 Å². The fourth-order valence-corrected chi connectivity index (χ4v) is 3.21. The SMILES string of the molecule is C1=CC(c2cccc3ccccc23)CC=C1Nc1ccccc1. The molecule has 1 nitrogen and oxygen atoms in total. The van der Waals surface area contributed by atoms with E-state index >= 15 is 0 Å². The van der Waals surface area contributed by atoms with Crippen molar-refractivity contribution in [2.24, 2.45) is 0 Å². The first-order chi connectivity index (χ1) is 11.4. The molecule has 1 unspecified atom stereocenters. The van der Waals surface area contributed by atoms with E-state index in [1.807, 2.05) is 18.2 Å². The minimum atomic E-state index is 0.447. The van der Waals surface area contributed by atoms with Gasteiger partial charge in [0.05, 0.1) is 0 Å². The molecule has 23 heavy (non-hydrogen) atoms. The molecule has 1 aliphatic rings. The largest absolute Gasteiger partial charge is 0.356 e. The zero-order chi connectivity index (χ0) is 15.5. The summed E-state index contributed by atoms with van der Waals surface area (Å²) in [6.07, 6.45) is 7.83. The fraction of sp³-hybridized carbons (Fsp3) is 0.0909. The highest BCUT2D eigenvalue weighted by molar-refractivity contribution is 5.86. The van der Waals surface area contributed by atoms with Crippen molar-refractivity contribution in [1.29, 1.82) is 0 Å². The van der Waals surface area contributed by atoms with Gasteiger partial charge in [-0.25, -0.2) is 0 Å². The van der Waals surface area contributed by atoms with E-state index in [1.54, 1.807) is 0 Å². The van der Waals surface area contributed by atoms with E-state index in [1.165, 1.54) is 22.0 Å². The molecule has 0 aliphatic heterocycles. The lowest BCUT2D eigenvalue weighted by Crippen LogP contribution is -2.04. The molecule has 0 spiro atoms. The van der Waals surface area contributed by atoms with Crippen LogP contribution in [0.5, 0.6) is 0 Å². The Balaban J connectivity index is 1.56. The maximum Gasteiger partial charge on any atom is 0.0384 e. The first kappa shape index (κ1) is 13.8. The second-order valence-electron chi connectivity index (χ2n) is 5.92. The summed E-state index contributed by atoms with van der Waals surface area (Å²) in [6, 6.07) is 25.5. The van der Waals surface area contributed by atoms with E-state index in [0.29, 0.717) is 5.92 Å². The van der Waals surface area contributed by atoms with Crippen molar-refractivity contribution < 1.29 is 0 Å². The maximum atomic E-state index is 3.46. The van der Waals surface area contributed by atoms with Gasteiger partial charge in [-0.3, -0.25) is 0 Å². The van der Waals surface area contributed by atoms with Crippen molar-refractivity contribution in [3.63, 3.8) is 0 Å². The highest BCUT2D eigenvalue weighted by Crippen LogP contribution is 2.32. The van der Waals surface area contributed by atoms with Gasteiger partial charge in [0, 0.05) is 17.3 Å². The van der Waals surface area contributed by atoms with Crippen LogP contribution in [0.4, 0.5) is 5.69 Å². The van der Waals surface area contributed by atoms with Gasteiger partial charge in [-0.15, -0.1) is 0 Å². The molecule has 0 aromatic heterocycles. The van der Waals surface area contributed by atoms with Gasteiger partial charge in [0.2, 0.25) is 0 Å². The van der Waals surface area contributed by atoms with Gasteiger partial charge in [0.15, 0.2) is 0 Å². The van der Waals surface area contributed by atoms with Crippen LogP contribution < -0.4 is 5.32 Å². The molecular weight excluding hydrogens is 278 g/mol. The maximum absolute atomic E-state index is 3.46. The number of rotatable bonds is 3. The lowest BCUT2D eigenvalue weighted by Gasteiger charge is -2.19. The van der Waals surface area contributed by atoms with Crippen LogP contribution in [0.25, 0.3) is 10.8 Å². The quantitative estimate of drug-likeness (QED) is 0.636. The van der Waals surface area contributed by atoms with Gasteiger partial charge >= 0.3 is 0 Å². The van der Waals surface area contributed by atoms with Gasteiger partial charge in [0.1, 0.15) is 0 Å². The van der Waals surface area contributed by atoms with Crippen molar-refractivity contribution >= 4 is 16.5 Å². The van der Waals surface area contributed by atoms with Crippen molar-refractivity contribution in [1.82, 2.24) is 0 Å². The van der Waals surface area contributed by atoms with Crippen LogP contribution in [-0.4, -0.2) is 0 Å². The van der Waals surface area contributed by atoms with Crippen molar-refractivity contribution in [2.75, 3.05) is 5.32 Å². The summed E-state index contributed by atoms with van der Waals surface area (Å²) in [5, 5.41) is 6.14. The minimum Gasteiger partial charge on any atom is -0.356 e. The third kappa shape index (κ3) is 2.91. The topological polar surface area (TPSA) is 12.0 Å². The molecule has 0 fully saturated rings. The summed E-state index contributed by atoms with van der Waals surface area (Å²) in [4.78, 5) is 0. The van der Waals surface area contributed by atoms with Crippen LogP contribution in [-0.2, 0) is 0 Å². The molecule has 1 N–H and O–H groups in total. The first-order valence-corrected chi connectivity index (χ1v) is 8.08. The van der Waals surface area contributed by atoms with Gasteiger partial charge in [-0.1, -0.05) is 72.8 Å². The Morgan fingerprint density at radius 1 is 0.783 bits per heavy atom. The molecular formula is C22H19N. The normalized spacial score (nSPS) is 17.0. The van der Waals surface area contributed by atoms with E-state index in [-0.39, 0.29) is 0 Å². The van der Waals surface area contributed by atoms with Crippen LogP contribution in [0.2, 0.25) is 0 Å². The van der Waals surface area contributed by atoms with Gasteiger partial charge < -0.3 is 5.32 Å². The minimum absolute atomic E-state index is 0.447. The Morgan fingerprint density at radius 2 is 1.57 bits per heavy atom. The third-order valence-corrected chi connectivity index (χ3v) is 4.39. The first-order valence-electron chi connectivity index (χ1n) is 8.08. The van der Waals surface area contributed by atoms with Crippen LogP contribution in [0.15, 0.2) is 96.7 Å². The standard InChI is InChI=1S/C22H19N/c1-2-9-19(10-3-1)23-20-15-13-18(14-16-20)22-12-6-8-17-7-4-5-11-21(17)22/h1-13,15-16,18,23H,14H2. The molecule has 1 atom stereocenters. The molecule has 0 bridgehead atoms. The molecule has 0 saturated heterocycles. The Hall–Kier alpha value is -2.80. The van der Waals surface area contributed by atoms with E-state index < -0.39 is 0 Å². The van der Waals surface area contributed by atoms with Crippen LogP contribution in [0.3, 0.4) is 0 Å². The summed E-state index contributed by atoms with van der Waals surface area (Å²) < 4.78 is 0. The van der Waals surface area contributed by atoms with E-state index in [9.17, 15) is 0 Å². The lowest BCUT2D eigenvalue weighted by molar-refractivity contribution is 0.854. The van der Waals surface area contributed by atoms with E-state index in [0.717, 1.165) is 12.1 Å². The van der Waals surface area contributed by atoms with Crippen molar-refractivity contribution in [3.8, 4) is 0 Å². The van der Waals surface area contributed by atoms with Gasteiger partial charge in [-0.05, 0) is 41.0 Å². The zero-order valence-electron chi connectivity index (χ0n) is 12.9. The van der Waals surface area contributed by atoms with Crippen molar-refractivity contribution in [2.45, 2.75) is 12.3 Å². The number of nitrogens with one attached hydrogen (secondary N) is 1. The van der Waals surface area contributed by atoms with Gasteiger partial charge in [-0.2, -0.15) is 0 Å². The summed E-state index contributed by atoms with van der Waals surface area (Å²) in [7, 11) is 0. The summed E-state index contributed by atoms with van der Waals surface area (Å²) in [6.45, 7) is 0. The predicted octanol–water partition coefficient (Wildman–Crippen LogP) is 5.88. The molecule has 0 amide bonds. The molecule has 112 valence electrons. The van der Waals surface area contributed by atoms with Crippen LogP contribution in [0.1, 0.15) is 17.9 Å². The van der Waals surface area contributed by atoms with Crippen molar-refractivity contribution in [3.05, 3.63) is 102 Å². The molecule has 3 aromatic rings. The number of allylic oxidation sites excluding steroid dienone is 3. The van der Waals surface area contributed by atoms with Crippen LogP contribution >= 0.6 is 0 Å². The smallest absolute Gasteiger partial charge is 0.0384 e. The average Bonchev–Trinajstić information content (AvgIpc) is 2.63. The predicted molar refractivity (Wildman–Crippen MR) is 98.6 cm³/mol. The zero-order valence-corrected chi connectivity index (χ0v) is 12.9. The summed E-state index contributed by atoms with van der Waals surface area (Å²) in [5.74, 6) is 0.447. The highest BCUT2D eigenvalue weighted by Gasteiger charge is 2.13. The summed E-state index contributed by atoms with van der Waals surface area (Å²) >= 11 is 0. The molecule has 0 radical (unpaired) electrons. The molecule has 4 rings (SSSR count). The monoisotopic (exact) mass is 297 g/mol. The second-order valence-corrected chi connectivity index (χ2v) is 5.92. The number of anilines is 1. The average molecular weight is 297 g/mol. The molecule has 3 aromatic carbocycles. The fourth-order valence-electron chi connectivity index (χ4n) is 3.21. The Kier molecular flexibility index (Phi) is 3.69. The van der Waals surface area contributed by atoms with Crippen LogP contribution in [0, 0.1) is 0 Å². The molecule has 1 heteroatoms.